The Bertz CT molecular complexity index is 560. The van der Waals surface area contributed by atoms with Gasteiger partial charge >= 0.3 is 0 Å². The van der Waals surface area contributed by atoms with Crippen molar-refractivity contribution < 1.29 is 9.47 Å². The first-order valence-electron chi connectivity index (χ1n) is 6.82. The fourth-order valence-electron chi connectivity index (χ4n) is 1.94. The Morgan fingerprint density at radius 1 is 1.14 bits per heavy atom. The number of aryl methyl sites for hydroxylation is 1. The first-order valence-corrected chi connectivity index (χ1v) is 6.82. The van der Waals surface area contributed by atoms with E-state index < -0.39 is 0 Å². The van der Waals surface area contributed by atoms with Gasteiger partial charge in [-0.1, -0.05) is 0 Å². The van der Waals surface area contributed by atoms with Gasteiger partial charge in [-0.05, 0) is 19.9 Å². The molecule has 0 radical (unpaired) electrons. The highest BCUT2D eigenvalue weighted by molar-refractivity contribution is 5.44. The largest absolute Gasteiger partial charge is 0.475 e. The van der Waals surface area contributed by atoms with Crippen LogP contribution in [0.4, 0.5) is 5.69 Å². The van der Waals surface area contributed by atoms with Crippen molar-refractivity contribution in [3.63, 3.8) is 0 Å². The van der Waals surface area contributed by atoms with Gasteiger partial charge in [-0.2, -0.15) is 0 Å². The molecule has 1 unspecified atom stereocenters. The van der Waals surface area contributed by atoms with E-state index in [0.717, 1.165) is 17.1 Å². The van der Waals surface area contributed by atoms with Gasteiger partial charge in [-0.25, -0.2) is 4.98 Å². The number of methoxy groups -OCH3 is 1. The minimum atomic E-state index is 0.0563. The molecular formula is C15H20N4O2. The second kappa shape index (κ2) is 7.54. The molecule has 0 amide bonds. The second-order valence-electron chi connectivity index (χ2n) is 4.62. The highest BCUT2D eigenvalue weighted by atomic mass is 16.5. The van der Waals surface area contributed by atoms with Crippen molar-refractivity contribution in [2.45, 2.75) is 19.9 Å². The van der Waals surface area contributed by atoms with Gasteiger partial charge < -0.3 is 14.8 Å². The molecule has 0 aliphatic heterocycles. The zero-order chi connectivity index (χ0) is 15.1. The number of anilines is 1. The molecule has 21 heavy (non-hydrogen) atoms. The number of pyridine rings is 1. The number of hydrogen-bond donors (Lipinski definition) is 1. The van der Waals surface area contributed by atoms with E-state index in [-0.39, 0.29) is 6.04 Å². The molecule has 6 heteroatoms. The lowest BCUT2D eigenvalue weighted by atomic mass is 10.2. The summed E-state index contributed by atoms with van der Waals surface area (Å²) in [6.45, 7) is 5.03. The standard InChI is InChI=1S/C15H20N4O2/c1-11-15(17-7-6-16-11)12(2)19-13-4-5-14(18-10-13)21-9-8-20-3/h4-7,10,12,19H,8-9H2,1-3H3. The summed E-state index contributed by atoms with van der Waals surface area (Å²) >= 11 is 0. The molecule has 0 aliphatic rings. The number of nitrogens with one attached hydrogen (secondary N) is 1. The molecule has 0 saturated carbocycles. The van der Waals surface area contributed by atoms with Crippen molar-refractivity contribution >= 4 is 5.69 Å². The van der Waals surface area contributed by atoms with Crippen molar-refractivity contribution in [2.75, 3.05) is 25.6 Å². The van der Waals surface area contributed by atoms with Crippen LogP contribution in [0, 0.1) is 6.92 Å². The Hall–Kier alpha value is -2.21. The number of ether oxygens (including phenoxy) is 2. The highest BCUT2D eigenvalue weighted by Gasteiger charge is 2.10. The topological polar surface area (TPSA) is 69.2 Å². The van der Waals surface area contributed by atoms with Crippen LogP contribution in [0.5, 0.6) is 5.88 Å². The lowest BCUT2D eigenvalue weighted by molar-refractivity contribution is 0.144. The van der Waals surface area contributed by atoms with Crippen LogP contribution in [0.15, 0.2) is 30.7 Å². The van der Waals surface area contributed by atoms with Gasteiger partial charge in [0.25, 0.3) is 0 Å². The van der Waals surface area contributed by atoms with E-state index in [4.69, 9.17) is 9.47 Å². The number of rotatable bonds is 7. The van der Waals surface area contributed by atoms with Crippen LogP contribution >= 0.6 is 0 Å². The minimum Gasteiger partial charge on any atom is -0.475 e. The number of aromatic nitrogens is 3. The number of nitrogens with zero attached hydrogens (tertiary/aromatic N) is 3. The SMILES string of the molecule is COCCOc1ccc(NC(C)c2nccnc2C)cn1. The Balaban J connectivity index is 1.95. The summed E-state index contributed by atoms with van der Waals surface area (Å²) in [6.07, 6.45) is 5.13. The molecule has 1 N–H and O–H groups in total. The van der Waals surface area contributed by atoms with Gasteiger partial charge in [0.2, 0.25) is 5.88 Å². The Kier molecular flexibility index (Phi) is 5.45. The molecule has 2 aromatic heterocycles. The summed E-state index contributed by atoms with van der Waals surface area (Å²) in [6, 6.07) is 3.81. The van der Waals surface area contributed by atoms with Gasteiger partial charge in [-0.3, -0.25) is 9.97 Å². The first-order chi connectivity index (χ1) is 10.2. The minimum absolute atomic E-state index is 0.0563. The zero-order valence-corrected chi connectivity index (χ0v) is 12.5. The lowest BCUT2D eigenvalue weighted by Crippen LogP contribution is -2.11. The van der Waals surface area contributed by atoms with Crippen molar-refractivity contribution in [3.8, 4) is 5.88 Å². The smallest absolute Gasteiger partial charge is 0.213 e. The van der Waals surface area contributed by atoms with Crippen molar-refractivity contribution in [1.82, 2.24) is 15.0 Å². The molecule has 0 fully saturated rings. The molecular weight excluding hydrogens is 268 g/mol. The fraction of sp³-hybridized carbons (Fsp3) is 0.400. The predicted molar refractivity (Wildman–Crippen MR) is 80.4 cm³/mol. The third-order valence-corrected chi connectivity index (χ3v) is 2.99. The van der Waals surface area contributed by atoms with E-state index in [0.29, 0.717) is 19.1 Å². The summed E-state index contributed by atoms with van der Waals surface area (Å²) in [5.74, 6) is 0.584. The van der Waals surface area contributed by atoms with Crippen molar-refractivity contribution in [1.29, 1.82) is 0 Å². The molecule has 6 nitrogen and oxygen atoms in total. The summed E-state index contributed by atoms with van der Waals surface area (Å²) < 4.78 is 10.3. The van der Waals surface area contributed by atoms with E-state index in [2.05, 4.69) is 20.3 Å². The van der Waals surface area contributed by atoms with E-state index in [9.17, 15) is 0 Å². The molecule has 2 aromatic rings. The maximum Gasteiger partial charge on any atom is 0.213 e. The Morgan fingerprint density at radius 3 is 2.62 bits per heavy atom. The molecule has 2 heterocycles. The monoisotopic (exact) mass is 288 g/mol. The molecule has 1 atom stereocenters. The van der Waals surface area contributed by atoms with Crippen LogP contribution in [0.3, 0.4) is 0 Å². The van der Waals surface area contributed by atoms with Crippen molar-refractivity contribution in [2.24, 2.45) is 0 Å². The Labute approximate surface area is 124 Å². The molecule has 0 aromatic carbocycles. The van der Waals surface area contributed by atoms with Crippen LogP contribution in [-0.2, 0) is 4.74 Å². The summed E-state index contributed by atoms with van der Waals surface area (Å²) in [7, 11) is 1.64. The average Bonchev–Trinajstić information content (AvgIpc) is 2.49. The zero-order valence-electron chi connectivity index (χ0n) is 12.5. The first kappa shape index (κ1) is 15.2. The van der Waals surface area contributed by atoms with E-state index >= 15 is 0 Å². The molecule has 0 saturated heterocycles. The quantitative estimate of drug-likeness (QED) is 0.789. The van der Waals surface area contributed by atoms with Crippen molar-refractivity contribution in [3.05, 3.63) is 42.1 Å². The Morgan fingerprint density at radius 2 is 1.95 bits per heavy atom. The fourth-order valence-corrected chi connectivity index (χ4v) is 1.94. The predicted octanol–water partition coefficient (Wildman–Crippen LogP) is 2.38. The molecule has 2 rings (SSSR count). The number of hydrogen-bond acceptors (Lipinski definition) is 6. The summed E-state index contributed by atoms with van der Waals surface area (Å²) in [5, 5.41) is 3.35. The summed E-state index contributed by atoms with van der Waals surface area (Å²) in [5.41, 5.74) is 2.76. The van der Waals surface area contributed by atoms with Gasteiger partial charge in [-0.15, -0.1) is 0 Å². The highest BCUT2D eigenvalue weighted by Crippen LogP contribution is 2.19. The van der Waals surface area contributed by atoms with Crippen LogP contribution in [-0.4, -0.2) is 35.3 Å². The van der Waals surface area contributed by atoms with Gasteiger partial charge in [0.15, 0.2) is 0 Å². The molecule has 0 aliphatic carbocycles. The third kappa shape index (κ3) is 4.39. The van der Waals surface area contributed by atoms with E-state index in [1.54, 1.807) is 25.7 Å². The molecule has 0 bridgehead atoms. The van der Waals surface area contributed by atoms with Gasteiger partial charge in [0.05, 0.1) is 35.9 Å². The lowest BCUT2D eigenvalue weighted by Gasteiger charge is -2.16. The average molecular weight is 288 g/mol. The second-order valence-corrected chi connectivity index (χ2v) is 4.62. The maximum atomic E-state index is 5.42. The van der Waals surface area contributed by atoms with Crippen LogP contribution in [0.2, 0.25) is 0 Å². The van der Waals surface area contributed by atoms with Gasteiger partial charge in [0.1, 0.15) is 6.61 Å². The van der Waals surface area contributed by atoms with Crippen LogP contribution < -0.4 is 10.1 Å². The third-order valence-electron chi connectivity index (χ3n) is 2.99. The van der Waals surface area contributed by atoms with E-state index in [1.165, 1.54) is 0 Å². The maximum absolute atomic E-state index is 5.42. The van der Waals surface area contributed by atoms with Crippen LogP contribution in [0.1, 0.15) is 24.4 Å². The molecule has 112 valence electrons. The van der Waals surface area contributed by atoms with Gasteiger partial charge in [0, 0.05) is 25.6 Å². The van der Waals surface area contributed by atoms with E-state index in [1.807, 2.05) is 26.0 Å². The van der Waals surface area contributed by atoms with Crippen LogP contribution in [0.25, 0.3) is 0 Å². The molecule has 0 spiro atoms. The summed E-state index contributed by atoms with van der Waals surface area (Å²) in [4.78, 5) is 12.8. The normalized spacial score (nSPS) is 12.0.